The van der Waals surface area contributed by atoms with Gasteiger partial charge in [0, 0.05) is 23.1 Å². The standard InChI is InChI=1S/C22H18N2O2/c1-4-15(2)13-23-22-19-12-17(20-7-5-6-18(14-25)24-20)9-8-16(19)10-11-21(22)26-3/h1,5-12,14,23H,2,13H2,3H3. The molecule has 0 atom stereocenters. The number of hydrogen-bond acceptors (Lipinski definition) is 4. The highest BCUT2D eigenvalue weighted by molar-refractivity contribution is 5.99. The minimum absolute atomic E-state index is 0.400. The van der Waals surface area contributed by atoms with Gasteiger partial charge >= 0.3 is 0 Å². The number of carbonyl (C=O) groups excluding carboxylic acids is 1. The highest BCUT2D eigenvalue weighted by atomic mass is 16.5. The number of ether oxygens (including phenoxy) is 1. The summed E-state index contributed by atoms with van der Waals surface area (Å²) in [5.41, 5.74) is 3.54. The van der Waals surface area contributed by atoms with Crippen molar-refractivity contribution in [2.45, 2.75) is 0 Å². The highest BCUT2D eigenvalue weighted by Crippen LogP contribution is 2.35. The first-order valence-corrected chi connectivity index (χ1v) is 8.08. The maximum Gasteiger partial charge on any atom is 0.168 e. The molecule has 0 aliphatic rings. The van der Waals surface area contributed by atoms with Crippen molar-refractivity contribution < 1.29 is 9.53 Å². The van der Waals surface area contributed by atoms with E-state index in [1.807, 2.05) is 42.5 Å². The van der Waals surface area contributed by atoms with E-state index in [1.54, 1.807) is 13.2 Å². The summed E-state index contributed by atoms with van der Waals surface area (Å²) in [4.78, 5) is 15.4. The van der Waals surface area contributed by atoms with Crippen molar-refractivity contribution in [1.82, 2.24) is 4.98 Å². The van der Waals surface area contributed by atoms with Crippen LogP contribution in [0, 0.1) is 12.3 Å². The molecule has 0 radical (unpaired) electrons. The second-order valence-corrected chi connectivity index (χ2v) is 5.75. The number of anilines is 1. The number of methoxy groups -OCH3 is 1. The van der Waals surface area contributed by atoms with E-state index < -0.39 is 0 Å². The van der Waals surface area contributed by atoms with E-state index in [1.165, 1.54) is 0 Å². The van der Waals surface area contributed by atoms with Crippen molar-refractivity contribution >= 4 is 22.7 Å². The predicted octanol–water partition coefficient (Wildman–Crippen LogP) is 4.32. The Balaban J connectivity index is 2.13. The van der Waals surface area contributed by atoms with Gasteiger partial charge in [-0.25, -0.2) is 4.98 Å². The van der Waals surface area contributed by atoms with Gasteiger partial charge in [-0.3, -0.25) is 4.79 Å². The molecule has 4 heteroatoms. The van der Waals surface area contributed by atoms with Gasteiger partial charge in [-0.05, 0) is 29.7 Å². The van der Waals surface area contributed by atoms with Crippen molar-refractivity contribution in [3.05, 3.63) is 66.4 Å². The molecule has 26 heavy (non-hydrogen) atoms. The third kappa shape index (κ3) is 3.42. The van der Waals surface area contributed by atoms with Gasteiger partial charge in [0.05, 0.1) is 18.5 Å². The Bertz CT molecular complexity index is 1030. The van der Waals surface area contributed by atoms with Crippen LogP contribution in [0.15, 0.2) is 60.7 Å². The van der Waals surface area contributed by atoms with Gasteiger partial charge in [-0.2, -0.15) is 0 Å². The highest BCUT2D eigenvalue weighted by Gasteiger charge is 2.10. The minimum atomic E-state index is 0.400. The number of carbonyl (C=O) groups is 1. The van der Waals surface area contributed by atoms with Crippen LogP contribution in [0.2, 0.25) is 0 Å². The van der Waals surface area contributed by atoms with Gasteiger partial charge in [0.15, 0.2) is 6.29 Å². The summed E-state index contributed by atoms with van der Waals surface area (Å²) in [6, 6.07) is 15.3. The molecule has 0 spiro atoms. The summed E-state index contributed by atoms with van der Waals surface area (Å²) in [5.74, 6) is 3.25. The topological polar surface area (TPSA) is 51.2 Å². The van der Waals surface area contributed by atoms with E-state index in [-0.39, 0.29) is 0 Å². The summed E-state index contributed by atoms with van der Waals surface area (Å²) < 4.78 is 5.50. The van der Waals surface area contributed by atoms with Gasteiger partial charge in [-0.1, -0.05) is 36.8 Å². The van der Waals surface area contributed by atoms with Crippen LogP contribution >= 0.6 is 0 Å². The van der Waals surface area contributed by atoms with E-state index >= 15 is 0 Å². The normalized spacial score (nSPS) is 10.2. The molecule has 4 nitrogen and oxygen atoms in total. The van der Waals surface area contributed by atoms with E-state index in [0.29, 0.717) is 23.6 Å². The quantitative estimate of drug-likeness (QED) is 0.535. The van der Waals surface area contributed by atoms with Crippen LogP contribution in [0.4, 0.5) is 5.69 Å². The lowest BCUT2D eigenvalue weighted by molar-refractivity contribution is 0.111. The molecule has 0 bridgehead atoms. The zero-order valence-corrected chi connectivity index (χ0v) is 14.5. The van der Waals surface area contributed by atoms with Crippen LogP contribution in [0.1, 0.15) is 10.5 Å². The molecule has 1 heterocycles. The molecular weight excluding hydrogens is 324 g/mol. The number of aldehydes is 1. The zero-order valence-electron chi connectivity index (χ0n) is 14.5. The molecule has 0 aliphatic heterocycles. The molecular formula is C22H18N2O2. The Morgan fingerprint density at radius 2 is 2.12 bits per heavy atom. The summed E-state index contributed by atoms with van der Waals surface area (Å²) in [7, 11) is 1.63. The van der Waals surface area contributed by atoms with Gasteiger partial charge in [-0.15, -0.1) is 6.42 Å². The van der Waals surface area contributed by atoms with Crippen LogP contribution in [0.25, 0.3) is 22.0 Å². The predicted molar refractivity (Wildman–Crippen MR) is 106 cm³/mol. The summed E-state index contributed by atoms with van der Waals surface area (Å²) in [6.07, 6.45) is 6.13. The van der Waals surface area contributed by atoms with E-state index in [9.17, 15) is 4.79 Å². The molecule has 3 rings (SSSR count). The smallest absolute Gasteiger partial charge is 0.168 e. The Hall–Kier alpha value is -3.58. The molecule has 0 fully saturated rings. The minimum Gasteiger partial charge on any atom is -0.495 e. The lowest BCUT2D eigenvalue weighted by atomic mass is 10.0. The lowest BCUT2D eigenvalue weighted by Gasteiger charge is -2.15. The number of aromatic nitrogens is 1. The van der Waals surface area contributed by atoms with Crippen molar-refractivity contribution in [2.75, 3.05) is 19.0 Å². The molecule has 1 aromatic heterocycles. The number of hydrogen-bond donors (Lipinski definition) is 1. The monoisotopic (exact) mass is 342 g/mol. The van der Waals surface area contributed by atoms with Crippen LogP contribution in [-0.2, 0) is 0 Å². The maximum absolute atomic E-state index is 11.0. The Morgan fingerprint density at radius 1 is 1.31 bits per heavy atom. The summed E-state index contributed by atoms with van der Waals surface area (Å²) in [5, 5.41) is 5.34. The second-order valence-electron chi connectivity index (χ2n) is 5.75. The van der Waals surface area contributed by atoms with E-state index in [4.69, 9.17) is 11.2 Å². The zero-order chi connectivity index (χ0) is 18.5. The van der Waals surface area contributed by atoms with Crippen LogP contribution < -0.4 is 10.1 Å². The number of nitrogens with zero attached hydrogens (tertiary/aromatic N) is 1. The van der Waals surface area contributed by atoms with Crippen LogP contribution in [-0.4, -0.2) is 24.9 Å². The average molecular weight is 342 g/mol. The van der Waals surface area contributed by atoms with Gasteiger partial charge in [0.25, 0.3) is 0 Å². The molecule has 0 saturated carbocycles. The molecule has 0 aliphatic carbocycles. The van der Waals surface area contributed by atoms with Gasteiger partial charge in [0.1, 0.15) is 11.4 Å². The van der Waals surface area contributed by atoms with Crippen molar-refractivity contribution in [2.24, 2.45) is 0 Å². The first kappa shape index (κ1) is 17.2. The molecule has 3 aromatic rings. The number of terminal acetylenes is 1. The number of nitrogens with one attached hydrogen (secondary N) is 1. The largest absolute Gasteiger partial charge is 0.495 e. The molecule has 1 N–H and O–H groups in total. The number of benzene rings is 2. The molecule has 0 unspecified atom stereocenters. The maximum atomic E-state index is 11.0. The summed E-state index contributed by atoms with van der Waals surface area (Å²) in [6.45, 7) is 4.28. The van der Waals surface area contributed by atoms with Crippen molar-refractivity contribution in [1.29, 1.82) is 0 Å². The summed E-state index contributed by atoms with van der Waals surface area (Å²) >= 11 is 0. The van der Waals surface area contributed by atoms with Crippen LogP contribution in [0.5, 0.6) is 5.75 Å². The fraction of sp³-hybridized carbons (Fsp3) is 0.0909. The third-order valence-electron chi connectivity index (χ3n) is 4.07. The Labute approximate surface area is 152 Å². The Kier molecular flexibility index (Phi) is 5.00. The molecule has 0 saturated heterocycles. The third-order valence-corrected chi connectivity index (χ3v) is 4.07. The van der Waals surface area contributed by atoms with Gasteiger partial charge < -0.3 is 10.1 Å². The van der Waals surface area contributed by atoms with Crippen LogP contribution in [0.3, 0.4) is 0 Å². The lowest BCUT2D eigenvalue weighted by Crippen LogP contribution is -2.05. The fourth-order valence-electron chi connectivity index (χ4n) is 2.74. The van der Waals surface area contributed by atoms with Gasteiger partial charge in [0.2, 0.25) is 0 Å². The second kappa shape index (κ2) is 7.54. The number of fused-ring (bicyclic) bond motifs is 1. The van der Waals surface area contributed by atoms with E-state index in [0.717, 1.165) is 34.0 Å². The number of pyridine rings is 1. The number of rotatable bonds is 6. The fourth-order valence-corrected chi connectivity index (χ4v) is 2.74. The first-order chi connectivity index (χ1) is 12.7. The molecule has 0 amide bonds. The molecule has 128 valence electrons. The molecule has 2 aromatic carbocycles. The first-order valence-electron chi connectivity index (χ1n) is 8.08. The SMILES string of the molecule is C#CC(=C)CNc1c(OC)ccc2ccc(-c3cccc(C=O)n3)cc12. The van der Waals surface area contributed by atoms with Crippen molar-refractivity contribution in [3.63, 3.8) is 0 Å². The van der Waals surface area contributed by atoms with Crippen molar-refractivity contribution in [3.8, 4) is 29.4 Å². The Morgan fingerprint density at radius 3 is 2.85 bits per heavy atom. The van der Waals surface area contributed by atoms with E-state index in [2.05, 4.69) is 22.8 Å². The average Bonchev–Trinajstić information content (AvgIpc) is 2.71.